The van der Waals surface area contributed by atoms with Crippen LogP contribution in [0.1, 0.15) is 22.7 Å². The highest BCUT2D eigenvalue weighted by molar-refractivity contribution is 6.01. The fraction of sp³-hybridized carbons (Fsp3) is 0.296. The summed E-state index contributed by atoms with van der Waals surface area (Å²) in [4.78, 5) is 8.54. The van der Waals surface area contributed by atoms with E-state index in [0.29, 0.717) is 36.8 Å². The van der Waals surface area contributed by atoms with Crippen LogP contribution in [-0.4, -0.2) is 44.7 Å². The molecule has 5 rings (SSSR count). The van der Waals surface area contributed by atoms with E-state index in [4.69, 9.17) is 14.5 Å². The number of rotatable bonds is 4. The van der Waals surface area contributed by atoms with Gasteiger partial charge in [-0.25, -0.2) is 9.38 Å². The molecule has 0 spiro atoms. The number of halogens is 4. The number of ether oxygens (including phenoxy) is 2. The van der Waals surface area contributed by atoms with Gasteiger partial charge >= 0.3 is 6.18 Å². The lowest BCUT2D eigenvalue weighted by atomic mass is 10.0. The number of nitrogens with one attached hydrogen (secondary N) is 1. The van der Waals surface area contributed by atoms with Crippen molar-refractivity contribution in [2.45, 2.75) is 18.8 Å². The summed E-state index contributed by atoms with van der Waals surface area (Å²) in [5, 5.41) is 3.30. The molecule has 1 saturated heterocycles. The van der Waals surface area contributed by atoms with Crippen LogP contribution in [0.5, 0.6) is 11.5 Å². The fourth-order valence-electron chi connectivity index (χ4n) is 4.82. The SMILES string of the molecule is COc1ccc(C(F)(F)F)cc1N1Cc2ccccc2N=C1N1CCNC[C@@H]1c1cccc(OC)c1F. The summed E-state index contributed by atoms with van der Waals surface area (Å²) >= 11 is 0. The summed E-state index contributed by atoms with van der Waals surface area (Å²) in [6, 6.07) is 15.3. The van der Waals surface area contributed by atoms with Crippen molar-refractivity contribution in [3.05, 3.63) is 83.2 Å². The summed E-state index contributed by atoms with van der Waals surface area (Å²) in [6.45, 7) is 1.73. The highest BCUT2D eigenvalue weighted by Crippen LogP contribution is 2.41. The summed E-state index contributed by atoms with van der Waals surface area (Å²) < 4.78 is 67.1. The largest absolute Gasteiger partial charge is 0.495 e. The minimum absolute atomic E-state index is 0.121. The molecule has 3 aromatic rings. The number of para-hydroxylation sites is 1. The molecule has 10 heteroatoms. The molecular weight excluding hydrogens is 488 g/mol. The first-order valence-corrected chi connectivity index (χ1v) is 11.8. The normalized spacial score (nSPS) is 17.8. The van der Waals surface area contributed by atoms with E-state index >= 15 is 4.39 Å². The zero-order chi connectivity index (χ0) is 26.2. The van der Waals surface area contributed by atoms with Crippen molar-refractivity contribution in [1.82, 2.24) is 10.2 Å². The molecule has 37 heavy (non-hydrogen) atoms. The van der Waals surface area contributed by atoms with Crippen LogP contribution in [0, 0.1) is 5.82 Å². The molecule has 0 aliphatic carbocycles. The Labute approximate surface area is 212 Å². The van der Waals surface area contributed by atoms with Crippen molar-refractivity contribution >= 4 is 17.3 Å². The van der Waals surface area contributed by atoms with Crippen LogP contribution in [0.15, 0.2) is 65.7 Å². The van der Waals surface area contributed by atoms with Gasteiger partial charge in [-0.05, 0) is 35.9 Å². The van der Waals surface area contributed by atoms with Gasteiger partial charge in [0.1, 0.15) is 5.75 Å². The fourth-order valence-corrected chi connectivity index (χ4v) is 4.82. The standard InChI is InChI=1S/C27H26F4N4O2/c1-36-23-11-10-18(27(29,30)31)14-21(23)35-16-17-6-3-4-8-20(17)33-26(35)34-13-12-32-15-22(34)19-7-5-9-24(37-2)25(19)28/h3-11,14,22,32H,12-13,15-16H2,1-2H3/t22-/m1/s1. The lowest BCUT2D eigenvalue weighted by molar-refractivity contribution is -0.137. The van der Waals surface area contributed by atoms with Crippen LogP contribution < -0.4 is 19.7 Å². The van der Waals surface area contributed by atoms with Gasteiger partial charge in [0, 0.05) is 25.2 Å². The van der Waals surface area contributed by atoms with Crippen molar-refractivity contribution in [2.24, 2.45) is 4.99 Å². The van der Waals surface area contributed by atoms with Crippen molar-refractivity contribution in [1.29, 1.82) is 0 Å². The zero-order valence-electron chi connectivity index (χ0n) is 20.3. The molecule has 194 valence electrons. The number of hydrogen-bond donors (Lipinski definition) is 1. The average Bonchev–Trinajstić information content (AvgIpc) is 2.91. The highest BCUT2D eigenvalue weighted by Gasteiger charge is 2.37. The molecule has 0 saturated carbocycles. The molecule has 1 N–H and O–H groups in total. The molecule has 2 aliphatic rings. The average molecular weight is 515 g/mol. The molecule has 2 heterocycles. The van der Waals surface area contributed by atoms with Crippen LogP contribution in [0.3, 0.4) is 0 Å². The number of guanidine groups is 1. The number of piperazine rings is 1. The maximum absolute atomic E-state index is 15.4. The van der Waals surface area contributed by atoms with E-state index in [2.05, 4.69) is 5.32 Å². The number of alkyl halides is 3. The van der Waals surface area contributed by atoms with Gasteiger partial charge in [0.05, 0.1) is 43.7 Å². The van der Waals surface area contributed by atoms with E-state index in [1.54, 1.807) is 23.1 Å². The van der Waals surface area contributed by atoms with Crippen LogP contribution >= 0.6 is 0 Å². The van der Waals surface area contributed by atoms with E-state index < -0.39 is 23.6 Å². The molecule has 0 amide bonds. The summed E-state index contributed by atoms with van der Waals surface area (Å²) in [5.41, 5.74) is 1.41. The molecule has 6 nitrogen and oxygen atoms in total. The molecular formula is C27H26F4N4O2. The predicted molar refractivity (Wildman–Crippen MR) is 133 cm³/mol. The first-order valence-electron chi connectivity index (χ1n) is 11.8. The van der Waals surface area contributed by atoms with Crippen molar-refractivity contribution in [2.75, 3.05) is 38.8 Å². The second kappa shape index (κ2) is 9.93. The van der Waals surface area contributed by atoms with Crippen molar-refractivity contribution < 1.29 is 27.0 Å². The molecule has 1 fully saturated rings. The Morgan fingerprint density at radius 2 is 1.76 bits per heavy atom. The monoisotopic (exact) mass is 514 g/mol. The van der Waals surface area contributed by atoms with Crippen LogP contribution in [0.4, 0.5) is 28.9 Å². The summed E-state index contributed by atoms with van der Waals surface area (Å²) in [5.74, 6) is 0.337. The van der Waals surface area contributed by atoms with Gasteiger partial charge in [0.2, 0.25) is 5.96 Å². The quantitative estimate of drug-likeness (QED) is 0.465. The smallest absolute Gasteiger partial charge is 0.416 e. The van der Waals surface area contributed by atoms with E-state index in [1.807, 2.05) is 29.2 Å². The molecule has 1 atom stereocenters. The first kappa shape index (κ1) is 24.9. The number of methoxy groups -OCH3 is 2. The summed E-state index contributed by atoms with van der Waals surface area (Å²) in [7, 11) is 2.82. The van der Waals surface area contributed by atoms with Gasteiger partial charge in [0.25, 0.3) is 0 Å². The maximum Gasteiger partial charge on any atom is 0.416 e. The van der Waals surface area contributed by atoms with E-state index in [-0.39, 0.29) is 23.7 Å². The van der Waals surface area contributed by atoms with E-state index in [0.717, 1.165) is 17.7 Å². The Hall–Kier alpha value is -3.79. The first-order chi connectivity index (χ1) is 17.8. The van der Waals surface area contributed by atoms with Gasteiger partial charge in [0.15, 0.2) is 11.6 Å². The Kier molecular flexibility index (Phi) is 6.68. The molecule has 0 radical (unpaired) electrons. The molecule has 0 bridgehead atoms. The summed E-state index contributed by atoms with van der Waals surface area (Å²) in [6.07, 6.45) is -4.53. The Morgan fingerprint density at radius 3 is 2.51 bits per heavy atom. The minimum Gasteiger partial charge on any atom is -0.495 e. The van der Waals surface area contributed by atoms with Crippen molar-refractivity contribution in [3.63, 3.8) is 0 Å². The van der Waals surface area contributed by atoms with Crippen LogP contribution in [-0.2, 0) is 12.7 Å². The number of aliphatic imine (C=N–C) groups is 1. The highest BCUT2D eigenvalue weighted by atomic mass is 19.4. The predicted octanol–water partition coefficient (Wildman–Crippen LogP) is 5.52. The number of anilines is 1. The number of hydrogen-bond acceptors (Lipinski definition) is 6. The number of nitrogens with zero attached hydrogens (tertiary/aromatic N) is 3. The topological polar surface area (TPSA) is 49.3 Å². The Bertz CT molecular complexity index is 1330. The number of fused-ring (bicyclic) bond motifs is 1. The van der Waals surface area contributed by atoms with Gasteiger partial charge in [-0.3, -0.25) is 0 Å². The second-order valence-corrected chi connectivity index (χ2v) is 8.79. The molecule has 0 unspecified atom stereocenters. The molecule has 2 aliphatic heterocycles. The van der Waals surface area contributed by atoms with Crippen molar-refractivity contribution in [3.8, 4) is 11.5 Å². The third-order valence-corrected chi connectivity index (χ3v) is 6.65. The van der Waals surface area contributed by atoms with E-state index in [9.17, 15) is 13.2 Å². The third-order valence-electron chi connectivity index (χ3n) is 6.65. The van der Waals surface area contributed by atoms with Gasteiger partial charge < -0.3 is 24.6 Å². The zero-order valence-corrected chi connectivity index (χ0v) is 20.3. The van der Waals surface area contributed by atoms with Gasteiger partial charge in [-0.1, -0.05) is 30.3 Å². The third kappa shape index (κ3) is 4.69. The Morgan fingerprint density at radius 1 is 0.973 bits per heavy atom. The van der Waals surface area contributed by atoms with Crippen LogP contribution in [0.25, 0.3) is 0 Å². The van der Waals surface area contributed by atoms with Gasteiger partial charge in [-0.2, -0.15) is 13.2 Å². The van der Waals surface area contributed by atoms with E-state index in [1.165, 1.54) is 20.3 Å². The van der Waals surface area contributed by atoms with Crippen LogP contribution in [0.2, 0.25) is 0 Å². The molecule has 3 aromatic carbocycles. The minimum atomic E-state index is -4.53. The lowest BCUT2D eigenvalue weighted by Crippen LogP contribution is -2.54. The number of benzene rings is 3. The van der Waals surface area contributed by atoms with Gasteiger partial charge in [-0.15, -0.1) is 0 Å². The Balaban J connectivity index is 1.66. The lowest BCUT2D eigenvalue weighted by Gasteiger charge is -2.44. The maximum atomic E-state index is 15.4. The molecule has 0 aromatic heterocycles. The second-order valence-electron chi connectivity index (χ2n) is 8.79.